The van der Waals surface area contributed by atoms with Crippen LogP contribution in [0.2, 0.25) is 25.7 Å². The Morgan fingerprint density at radius 2 is 2.00 bits per heavy atom. The van der Waals surface area contributed by atoms with E-state index < -0.39 is 8.07 Å². The van der Waals surface area contributed by atoms with Crippen molar-refractivity contribution in [1.82, 2.24) is 0 Å². The highest BCUT2D eigenvalue weighted by Gasteiger charge is 2.30. The third kappa shape index (κ3) is 4.50. The van der Waals surface area contributed by atoms with Crippen LogP contribution in [0.1, 0.15) is 39.0 Å². The van der Waals surface area contributed by atoms with Gasteiger partial charge in [0.25, 0.3) is 0 Å². The molecule has 1 aliphatic rings. The summed E-state index contributed by atoms with van der Waals surface area (Å²) in [7, 11) is -0.856. The van der Waals surface area contributed by atoms with Crippen molar-refractivity contribution in [3.8, 4) is 0 Å². The highest BCUT2D eigenvalue weighted by molar-refractivity contribution is 6.76. The number of hydrogen-bond donors (Lipinski definition) is 0. The molecule has 0 aromatic rings. The van der Waals surface area contributed by atoms with Gasteiger partial charge in [0.2, 0.25) is 0 Å². The molecule has 1 nitrogen and oxygen atoms in total. The number of carbonyl (C=O) groups excluding carboxylic acids is 1. The van der Waals surface area contributed by atoms with Gasteiger partial charge in [-0.05, 0) is 18.8 Å². The van der Waals surface area contributed by atoms with E-state index in [-0.39, 0.29) is 0 Å². The van der Waals surface area contributed by atoms with Crippen LogP contribution in [0.25, 0.3) is 0 Å². The smallest absolute Gasteiger partial charge is 0.136 e. The Kier molecular flexibility index (Phi) is 4.57. The largest absolute Gasteiger partial charge is 0.299 e. The lowest BCUT2D eigenvalue weighted by Gasteiger charge is -2.16. The molecule has 1 fully saturated rings. The van der Waals surface area contributed by atoms with Crippen molar-refractivity contribution in [2.75, 3.05) is 0 Å². The molecule has 15 heavy (non-hydrogen) atoms. The van der Waals surface area contributed by atoms with Crippen molar-refractivity contribution < 1.29 is 4.79 Å². The molecule has 0 saturated heterocycles. The van der Waals surface area contributed by atoms with Crippen LogP contribution in [0.3, 0.4) is 0 Å². The molecule has 1 rings (SSSR count). The lowest BCUT2D eigenvalue weighted by Crippen LogP contribution is -2.19. The van der Waals surface area contributed by atoms with E-state index in [9.17, 15) is 4.79 Å². The minimum absolute atomic E-state index is 0.405. The molecule has 0 unspecified atom stereocenters. The van der Waals surface area contributed by atoms with Gasteiger partial charge in [-0.2, -0.15) is 0 Å². The summed E-state index contributed by atoms with van der Waals surface area (Å²) in [5, 5.41) is 0. The highest BCUT2D eigenvalue weighted by Crippen LogP contribution is 2.33. The zero-order valence-corrected chi connectivity index (χ0v) is 11.8. The molecular weight excluding hydrogens is 200 g/mol. The fourth-order valence-corrected chi connectivity index (χ4v) is 3.87. The van der Waals surface area contributed by atoms with E-state index in [0.29, 0.717) is 11.7 Å². The third-order valence-electron chi connectivity index (χ3n) is 3.60. The summed E-state index contributed by atoms with van der Waals surface area (Å²) in [6, 6.07) is 1.43. The maximum absolute atomic E-state index is 11.6. The zero-order chi connectivity index (χ0) is 11.5. The molecule has 0 radical (unpaired) electrons. The van der Waals surface area contributed by atoms with Crippen molar-refractivity contribution in [2.24, 2.45) is 11.8 Å². The molecule has 0 N–H and O–H groups in total. The van der Waals surface area contributed by atoms with Gasteiger partial charge < -0.3 is 0 Å². The zero-order valence-electron chi connectivity index (χ0n) is 10.8. The highest BCUT2D eigenvalue weighted by atomic mass is 28.3. The minimum atomic E-state index is -0.856. The molecule has 88 valence electrons. The number of Topliss-reactive ketones (excluding diaryl/α,β-unsaturated/α-hetero) is 1. The Morgan fingerprint density at radius 3 is 2.47 bits per heavy atom. The predicted octanol–water partition coefficient (Wildman–Crippen LogP) is 4.11. The van der Waals surface area contributed by atoms with Gasteiger partial charge in [-0.1, -0.05) is 45.5 Å². The van der Waals surface area contributed by atoms with Crippen LogP contribution < -0.4 is 0 Å². The average molecular weight is 226 g/mol. The molecular formula is C13H26OSi. The molecule has 2 atom stereocenters. The van der Waals surface area contributed by atoms with Crippen LogP contribution in [0, 0.1) is 11.8 Å². The molecule has 1 aliphatic carbocycles. The SMILES string of the molecule is CC[C@@H]1C[C@H](CCC[Si](C)(C)C)CC1=O. The molecule has 0 bridgehead atoms. The number of hydrogen-bond acceptors (Lipinski definition) is 1. The number of carbonyl (C=O) groups is 1. The van der Waals surface area contributed by atoms with E-state index in [4.69, 9.17) is 0 Å². The fraction of sp³-hybridized carbons (Fsp3) is 0.923. The Labute approximate surface area is 95.7 Å². The summed E-state index contributed by atoms with van der Waals surface area (Å²) in [6.45, 7) is 9.44. The van der Waals surface area contributed by atoms with Gasteiger partial charge in [0.1, 0.15) is 5.78 Å². The summed E-state index contributed by atoms with van der Waals surface area (Å²) in [5.74, 6) is 1.66. The normalized spacial score (nSPS) is 27.3. The molecule has 0 aromatic heterocycles. The van der Waals surface area contributed by atoms with Gasteiger partial charge in [0.05, 0.1) is 0 Å². The molecule has 0 aromatic carbocycles. The quantitative estimate of drug-likeness (QED) is 0.645. The van der Waals surface area contributed by atoms with E-state index >= 15 is 0 Å². The minimum Gasteiger partial charge on any atom is -0.299 e. The van der Waals surface area contributed by atoms with Crippen LogP contribution in [-0.2, 0) is 4.79 Å². The molecule has 0 aliphatic heterocycles. The Hall–Kier alpha value is -0.113. The first-order valence-corrected chi connectivity index (χ1v) is 10.2. The molecule has 0 heterocycles. The average Bonchev–Trinajstić information content (AvgIpc) is 2.44. The van der Waals surface area contributed by atoms with Gasteiger partial charge in [0.15, 0.2) is 0 Å². The van der Waals surface area contributed by atoms with Crippen molar-refractivity contribution in [3.63, 3.8) is 0 Å². The van der Waals surface area contributed by atoms with Crippen LogP contribution >= 0.6 is 0 Å². The van der Waals surface area contributed by atoms with Gasteiger partial charge in [-0.25, -0.2) is 0 Å². The standard InChI is InChI=1S/C13H26OSi/c1-5-12-9-11(10-13(12)14)7-6-8-15(2,3)4/h11-12H,5-10H2,1-4H3/t11-,12+/m0/s1. The number of ketones is 1. The van der Waals surface area contributed by atoms with E-state index in [1.54, 1.807) is 0 Å². The summed E-state index contributed by atoms with van der Waals surface area (Å²) >= 11 is 0. The fourth-order valence-electron chi connectivity index (χ4n) is 2.60. The molecule has 0 amide bonds. The van der Waals surface area contributed by atoms with E-state index in [1.807, 2.05) is 0 Å². The van der Waals surface area contributed by atoms with Crippen molar-refractivity contribution in [2.45, 2.75) is 64.7 Å². The van der Waals surface area contributed by atoms with E-state index in [1.165, 1.54) is 25.3 Å². The third-order valence-corrected chi connectivity index (χ3v) is 5.45. The van der Waals surface area contributed by atoms with Gasteiger partial charge in [0, 0.05) is 20.4 Å². The first-order valence-electron chi connectivity index (χ1n) is 6.45. The second-order valence-corrected chi connectivity index (χ2v) is 12.0. The van der Waals surface area contributed by atoms with Crippen molar-refractivity contribution >= 4 is 13.9 Å². The second-order valence-electron chi connectivity index (χ2n) is 6.33. The van der Waals surface area contributed by atoms with Crippen molar-refractivity contribution in [3.05, 3.63) is 0 Å². The number of rotatable bonds is 5. The van der Waals surface area contributed by atoms with Gasteiger partial charge >= 0.3 is 0 Å². The maximum Gasteiger partial charge on any atom is 0.136 e. The van der Waals surface area contributed by atoms with Crippen LogP contribution in [0.4, 0.5) is 0 Å². The molecule has 1 saturated carbocycles. The Balaban J connectivity index is 2.22. The Morgan fingerprint density at radius 1 is 1.33 bits per heavy atom. The predicted molar refractivity (Wildman–Crippen MR) is 68.9 cm³/mol. The summed E-state index contributed by atoms with van der Waals surface area (Å²) < 4.78 is 0. The second kappa shape index (κ2) is 5.29. The van der Waals surface area contributed by atoms with E-state index in [0.717, 1.165) is 18.8 Å². The van der Waals surface area contributed by atoms with Gasteiger partial charge in [-0.15, -0.1) is 0 Å². The lowest BCUT2D eigenvalue weighted by molar-refractivity contribution is -0.120. The van der Waals surface area contributed by atoms with Crippen LogP contribution in [0.5, 0.6) is 0 Å². The van der Waals surface area contributed by atoms with Crippen LogP contribution in [-0.4, -0.2) is 13.9 Å². The molecule has 0 spiro atoms. The Bertz CT molecular complexity index is 217. The summed E-state index contributed by atoms with van der Waals surface area (Å²) in [6.07, 6.45) is 5.77. The monoisotopic (exact) mass is 226 g/mol. The molecule has 2 heteroatoms. The first-order chi connectivity index (χ1) is 6.92. The van der Waals surface area contributed by atoms with Crippen LogP contribution in [0.15, 0.2) is 0 Å². The summed E-state index contributed by atoms with van der Waals surface area (Å²) in [4.78, 5) is 11.6. The lowest BCUT2D eigenvalue weighted by atomic mass is 9.99. The van der Waals surface area contributed by atoms with E-state index in [2.05, 4.69) is 26.6 Å². The summed E-state index contributed by atoms with van der Waals surface area (Å²) in [5.41, 5.74) is 0. The topological polar surface area (TPSA) is 17.1 Å². The van der Waals surface area contributed by atoms with Gasteiger partial charge in [-0.3, -0.25) is 4.79 Å². The first kappa shape index (κ1) is 13.0. The maximum atomic E-state index is 11.6. The van der Waals surface area contributed by atoms with Crippen molar-refractivity contribution in [1.29, 1.82) is 0 Å².